The van der Waals surface area contributed by atoms with Gasteiger partial charge in [0.2, 0.25) is 5.76 Å². The van der Waals surface area contributed by atoms with E-state index in [9.17, 15) is 9.59 Å². The van der Waals surface area contributed by atoms with Gasteiger partial charge in [-0.05, 0) is 69.7 Å². The molecule has 0 radical (unpaired) electrons. The van der Waals surface area contributed by atoms with Crippen LogP contribution in [-0.2, 0) is 0 Å². The highest BCUT2D eigenvalue weighted by Crippen LogP contribution is 2.38. The number of rotatable bonds is 9. The number of hydrogen-bond donors (Lipinski definition) is 0. The number of nitrogens with zero attached hydrogens (tertiary/aromatic N) is 2. The minimum Gasteiger partial charge on any atom is -0.491 e. The van der Waals surface area contributed by atoms with Gasteiger partial charge in [0.05, 0.1) is 23.1 Å². The van der Waals surface area contributed by atoms with Crippen LogP contribution in [0.15, 0.2) is 57.7 Å². The van der Waals surface area contributed by atoms with Gasteiger partial charge in [0.15, 0.2) is 5.43 Å². The molecule has 2 aromatic carbocycles. The molecule has 0 saturated heterocycles. The highest BCUT2D eigenvalue weighted by atomic mass is 16.5. The molecular formula is C27H32N2O4. The largest absolute Gasteiger partial charge is 0.491 e. The van der Waals surface area contributed by atoms with Crippen LogP contribution in [0.2, 0.25) is 0 Å². The summed E-state index contributed by atoms with van der Waals surface area (Å²) in [5.74, 6) is 0.700. The third-order valence-electron chi connectivity index (χ3n) is 6.21. The number of hydrogen-bond acceptors (Lipinski definition) is 5. The fraction of sp³-hybridized carbons (Fsp3) is 0.407. The van der Waals surface area contributed by atoms with Crippen molar-refractivity contribution in [2.75, 3.05) is 26.2 Å². The van der Waals surface area contributed by atoms with E-state index in [2.05, 4.69) is 18.7 Å². The van der Waals surface area contributed by atoms with Crippen molar-refractivity contribution in [2.24, 2.45) is 0 Å². The standard InChI is InChI=1S/C27H32N2O4/c1-5-28(6-2)16-9-17-29-24(19-12-14-20(15-13-19)32-18(3)4)23-25(30)21-10-7-8-11-22(21)33-26(23)27(29)31/h7-8,10-15,18,24H,5-6,9,16-17H2,1-4H3/t24-/m1/s1. The number of amides is 1. The van der Waals surface area contributed by atoms with Crippen LogP contribution in [0.25, 0.3) is 11.0 Å². The molecule has 2 heterocycles. The monoisotopic (exact) mass is 448 g/mol. The molecule has 3 aromatic rings. The Morgan fingerprint density at radius 1 is 1.03 bits per heavy atom. The second-order valence-corrected chi connectivity index (χ2v) is 8.69. The summed E-state index contributed by atoms with van der Waals surface area (Å²) in [4.78, 5) is 31.1. The van der Waals surface area contributed by atoms with E-state index in [1.807, 2.05) is 50.2 Å². The maximum absolute atomic E-state index is 13.5. The number of fused-ring (bicyclic) bond motifs is 2. The third kappa shape index (κ3) is 4.53. The van der Waals surface area contributed by atoms with Crippen LogP contribution in [-0.4, -0.2) is 48.0 Å². The highest BCUT2D eigenvalue weighted by molar-refractivity contribution is 5.99. The van der Waals surface area contributed by atoms with E-state index in [1.54, 1.807) is 17.0 Å². The SMILES string of the molecule is CCN(CC)CCCN1C(=O)c2oc3ccccc3c(=O)c2[C@H]1c1ccc(OC(C)C)cc1. The Balaban J connectivity index is 1.75. The van der Waals surface area contributed by atoms with Gasteiger partial charge in [0.1, 0.15) is 11.3 Å². The van der Waals surface area contributed by atoms with Gasteiger partial charge in [-0.2, -0.15) is 0 Å². The van der Waals surface area contributed by atoms with Crippen LogP contribution >= 0.6 is 0 Å². The lowest BCUT2D eigenvalue weighted by molar-refractivity contribution is 0.0720. The number of benzene rings is 2. The summed E-state index contributed by atoms with van der Waals surface area (Å²) in [5, 5.41) is 0.499. The van der Waals surface area contributed by atoms with E-state index in [1.165, 1.54) is 0 Å². The van der Waals surface area contributed by atoms with Gasteiger partial charge < -0.3 is 19.0 Å². The van der Waals surface area contributed by atoms with Crippen LogP contribution in [0.3, 0.4) is 0 Å². The molecule has 0 bridgehead atoms. The zero-order valence-electron chi connectivity index (χ0n) is 19.8. The van der Waals surface area contributed by atoms with Crippen molar-refractivity contribution in [3.05, 3.63) is 75.6 Å². The molecular weight excluding hydrogens is 416 g/mol. The molecule has 1 aliphatic rings. The van der Waals surface area contributed by atoms with Crippen LogP contribution in [0.4, 0.5) is 0 Å². The Kier molecular flexibility index (Phi) is 6.84. The molecule has 1 amide bonds. The lowest BCUT2D eigenvalue weighted by atomic mass is 9.98. The number of para-hydroxylation sites is 1. The van der Waals surface area contributed by atoms with E-state index >= 15 is 0 Å². The molecule has 4 rings (SSSR count). The lowest BCUT2D eigenvalue weighted by Crippen LogP contribution is -2.33. The van der Waals surface area contributed by atoms with E-state index < -0.39 is 6.04 Å². The van der Waals surface area contributed by atoms with Crippen molar-refractivity contribution in [3.63, 3.8) is 0 Å². The summed E-state index contributed by atoms with van der Waals surface area (Å²) in [6, 6.07) is 14.3. The van der Waals surface area contributed by atoms with Crippen molar-refractivity contribution in [3.8, 4) is 5.75 Å². The van der Waals surface area contributed by atoms with E-state index in [0.717, 1.165) is 37.4 Å². The molecule has 0 spiro atoms. The number of ether oxygens (including phenoxy) is 1. The predicted molar refractivity (Wildman–Crippen MR) is 130 cm³/mol. The van der Waals surface area contributed by atoms with Crippen LogP contribution in [0.5, 0.6) is 5.75 Å². The number of carbonyl (C=O) groups is 1. The Labute approximate surface area is 194 Å². The summed E-state index contributed by atoms with van der Waals surface area (Å²) in [7, 11) is 0. The van der Waals surface area contributed by atoms with Crippen molar-refractivity contribution in [1.29, 1.82) is 0 Å². The molecule has 1 aromatic heterocycles. The molecule has 33 heavy (non-hydrogen) atoms. The van der Waals surface area contributed by atoms with Crippen molar-refractivity contribution in [2.45, 2.75) is 46.3 Å². The maximum atomic E-state index is 13.5. The maximum Gasteiger partial charge on any atom is 0.290 e. The zero-order valence-corrected chi connectivity index (χ0v) is 19.8. The molecule has 1 aliphatic heterocycles. The highest BCUT2D eigenvalue weighted by Gasteiger charge is 2.42. The van der Waals surface area contributed by atoms with Gasteiger partial charge >= 0.3 is 0 Å². The topological polar surface area (TPSA) is 63.0 Å². The first-order chi connectivity index (χ1) is 15.9. The Morgan fingerprint density at radius 3 is 2.39 bits per heavy atom. The second-order valence-electron chi connectivity index (χ2n) is 8.69. The minimum absolute atomic E-state index is 0.0691. The van der Waals surface area contributed by atoms with E-state index in [0.29, 0.717) is 23.1 Å². The molecule has 0 N–H and O–H groups in total. The fourth-order valence-electron chi connectivity index (χ4n) is 4.55. The quantitative estimate of drug-likeness (QED) is 0.468. The summed E-state index contributed by atoms with van der Waals surface area (Å²) in [6.07, 6.45) is 0.889. The minimum atomic E-state index is -0.474. The zero-order chi connectivity index (χ0) is 23.5. The molecule has 6 nitrogen and oxygen atoms in total. The second kappa shape index (κ2) is 9.79. The van der Waals surface area contributed by atoms with Gasteiger partial charge in [0, 0.05) is 6.54 Å². The van der Waals surface area contributed by atoms with Crippen molar-refractivity contribution in [1.82, 2.24) is 9.80 Å². The summed E-state index contributed by atoms with van der Waals surface area (Å²) in [5.41, 5.74) is 1.61. The Morgan fingerprint density at radius 2 is 1.73 bits per heavy atom. The summed E-state index contributed by atoms with van der Waals surface area (Å²) in [6.45, 7) is 11.6. The first kappa shape index (κ1) is 23.1. The van der Waals surface area contributed by atoms with Gasteiger partial charge in [-0.1, -0.05) is 38.1 Å². The average Bonchev–Trinajstić information content (AvgIpc) is 3.09. The Hall–Kier alpha value is -3.12. The predicted octanol–water partition coefficient (Wildman–Crippen LogP) is 4.86. The van der Waals surface area contributed by atoms with E-state index in [4.69, 9.17) is 9.15 Å². The molecule has 0 fully saturated rings. The van der Waals surface area contributed by atoms with Gasteiger partial charge in [-0.15, -0.1) is 0 Å². The van der Waals surface area contributed by atoms with Crippen LogP contribution in [0.1, 0.15) is 61.8 Å². The lowest BCUT2D eigenvalue weighted by Gasteiger charge is -2.27. The summed E-state index contributed by atoms with van der Waals surface area (Å²) >= 11 is 0. The average molecular weight is 449 g/mol. The van der Waals surface area contributed by atoms with Crippen LogP contribution in [0, 0.1) is 0 Å². The van der Waals surface area contributed by atoms with E-state index in [-0.39, 0.29) is 23.2 Å². The third-order valence-corrected chi connectivity index (χ3v) is 6.21. The molecule has 0 unspecified atom stereocenters. The van der Waals surface area contributed by atoms with Crippen LogP contribution < -0.4 is 10.2 Å². The van der Waals surface area contributed by atoms with Gasteiger partial charge in [-0.3, -0.25) is 9.59 Å². The Bertz CT molecular complexity index is 1180. The number of carbonyl (C=O) groups excluding carboxylic acids is 1. The summed E-state index contributed by atoms with van der Waals surface area (Å²) < 4.78 is 11.8. The first-order valence-electron chi connectivity index (χ1n) is 11.8. The molecule has 0 saturated carbocycles. The van der Waals surface area contributed by atoms with Gasteiger partial charge in [0.25, 0.3) is 5.91 Å². The fourth-order valence-corrected chi connectivity index (χ4v) is 4.55. The first-order valence-corrected chi connectivity index (χ1v) is 11.8. The van der Waals surface area contributed by atoms with Crippen molar-refractivity contribution < 1.29 is 13.9 Å². The van der Waals surface area contributed by atoms with Gasteiger partial charge in [-0.25, -0.2) is 0 Å². The molecule has 174 valence electrons. The molecule has 6 heteroatoms. The smallest absolute Gasteiger partial charge is 0.290 e. The van der Waals surface area contributed by atoms with Crippen molar-refractivity contribution >= 4 is 16.9 Å². The molecule has 1 atom stereocenters. The normalized spacial score (nSPS) is 15.6. The molecule has 0 aliphatic carbocycles.